The zero-order valence-electron chi connectivity index (χ0n) is 9.14. The molecule has 0 saturated carbocycles. The minimum Gasteiger partial charge on any atom is -0.381 e. The standard InChI is InChI=1S/C11H22O2/c1-4-5-6-7-8-11(13-3)9-10(2)12/h11H,4-9H2,1-3H3. The Labute approximate surface area is 81.7 Å². The number of methoxy groups -OCH3 is 1. The van der Waals surface area contributed by atoms with Gasteiger partial charge in [0.05, 0.1) is 6.10 Å². The van der Waals surface area contributed by atoms with Crippen LogP contribution >= 0.6 is 0 Å². The molecule has 0 saturated heterocycles. The van der Waals surface area contributed by atoms with Gasteiger partial charge in [-0.25, -0.2) is 0 Å². The van der Waals surface area contributed by atoms with E-state index in [1.807, 2.05) is 0 Å². The summed E-state index contributed by atoms with van der Waals surface area (Å²) in [6, 6.07) is 0. The second kappa shape index (κ2) is 8.24. The molecule has 0 aromatic heterocycles. The predicted molar refractivity (Wildman–Crippen MR) is 54.9 cm³/mol. The Kier molecular flexibility index (Phi) is 8.00. The summed E-state index contributed by atoms with van der Waals surface area (Å²) in [5, 5.41) is 0. The van der Waals surface area contributed by atoms with Crippen LogP contribution in [0.5, 0.6) is 0 Å². The monoisotopic (exact) mass is 186 g/mol. The Morgan fingerprint density at radius 3 is 2.46 bits per heavy atom. The highest BCUT2D eigenvalue weighted by atomic mass is 16.5. The van der Waals surface area contributed by atoms with Crippen molar-refractivity contribution in [1.29, 1.82) is 0 Å². The number of Topliss-reactive ketones (excluding diaryl/α,β-unsaturated/α-hetero) is 1. The van der Waals surface area contributed by atoms with Crippen LogP contribution in [-0.4, -0.2) is 19.0 Å². The molecule has 2 nitrogen and oxygen atoms in total. The molecule has 0 aliphatic rings. The molecule has 0 fully saturated rings. The predicted octanol–water partition coefficient (Wildman–Crippen LogP) is 2.95. The SMILES string of the molecule is CCCCCCC(CC(C)=O)OC. The van der Waals surface area contributed by atoms with Crippen LogP contribution in [0.1, 0.15) is 52.4 Å². The highest BCUT2D eigenvalue weighted by molar-refractivity contribution is 5.75. The Morgan fingerprint density at radius 1 is 1.31 bits per heavy atom. The maximum Gasteiger partial charge on any atom is 0.132 e. The van der Waals surface area contributed by atoms with Crippen molar-refractivity contribution in [3.05, 3.63) is 0 Å². The van der Waals surface area contributed by atoms with Crippen LogP contribution in [0.25, 0.3) is 0 Å². The molecule has 1 unspecified atom stereocenters. The van der Waals surface area contributed by atoms with Gasteiger partial charge < -0.3 is 4.74 Å². The summed E-state index contributed by atoms with van der Waals surface area (Å²) in [4.78, 5) is 10.8. The molecular weight excluding hydrogens is 164 g/mol. The number of hydrogen-bond donors (Lipinski definition) is 0. The lowest BCUT2D eigenvalue weighted by molar-refractivity contribution is -0.119. The van der Waals surface area contributed by atoms with Gasteiger partial charge in [-0.3, -0.25) is 4.79 Å². The van der Waals surface area contributed by atoms with Crippen LogP contribution in [0.15, 0.2) is 0 Å². The molecule has 78 valence electrons. The second-order valence-corrected chi connectivity index (χ2v) is 3.61. The fourth-order valence-corrected chi connectivity index (χ4v) is 1.42. The zero-order chi connectivity index (χ0) is 10.1. The average molecular weight is 186 g/mol. The lowest BCUT2D eigenvalue weighted by Gasteiger charge is -2.12. The summed E-state index contributed by atoms with van der Waals surface area (Å²) in [6.45, 7) is 3.82. The highest BCUT2D eigenvalue weighted by Gasteiger charge is 2.08. The first-order valence-corrected chi connectivity index (χ1v) is 5.23. The topological polar surface area (TPSA) is 26.3 Å². The molecule has 0 radical (unpaired) electrons. The fraction of sp³-hybridized carbons (Fsp3) is 0.909. The van der Waals surface area contributed by atoms with Crippen molar-refractivity contribution in [2.75, 3.05) is 7.11 Å². The molecule has 0 amide bonds. The van der Waals surface area contributed by atoms with Crippen LogP contribution in [0.3, 0.4) is 0 Å². The zero-order valence-corrected chi connectivity index (χ0v) is 9.14. The molecule has 0 rings (SSSR count). The molecule has 2 heteroatoms. The van der Waals surface area contributed by atoms with E-state index in [9.17, 15) is 4.79 Å². The van der Waals surface area contributed by atoms with Crippen LogP contribution in [0.2, 0.25) is 0 Å². The number of unbranched alkanes of at least 4 members (excludes halogenated alkanes) is 3. The average Bonchev–Trinajstić information content (AvgIpc) is 2.09. The molecule has 0 bridgehead atoms. The first-order valence-electron chi connectivity index (χ1n) is 5.23. The Bertz CT molecular complexity index is 132. The van der Waals surface area contributed by atoms with E-state index in [0.717, 1.165) is 6.42 Å². The Morgan fingerprint density at radius 2 is 2.00 bits per heavy atom. The van der Waals surface area contributed by atoms with E-state index in [-0.39, 0.29) is 11.9 Å². The molecule has 13 heavy (non-hydrogen) atoms. The summed E-state index contributed by atoms with van der Waals surface area (Å²) in [5.41, 5.74) is 0. The largest absolute Gasteiger partial charge is 0.381 e. The molecule has 0 spiro atoms. The number of carbonyl (C=O) groups excluding carboxylic acids is 1. The van der Waals surface area contributed by atoms with E-state index in [0.29, 0.717) is 6.42 Å². The van der Waals surface area contributed by atoms with Crippen molar-refractivity contribution in [3.8, 4) is 0 Å². The van der Waals surface area contributed by atoms with Gasteiger partial charge in [0.2, 0.25) is 0 Å². The van der Waals surface area contributed by atoms with Gasteiger partial charge in [-0.15, -0.1) is 0 Å². The van der Waals surface area contributed by atoms with E-state index >= 15 is 0 Å². The van der Waals surface area contributed by atoms with Crippen LogP contribution in [0, 0.1) is 0 Å². The highest BCUT2D eigenvalue weighted by Crippen LogP contribution is 2.10. The molecule has 1 atom stereocenters. The van der Waals surface area contributed by atoms with Gasteiger partial charge in [-0.1, -0.05) is 32.6 Å². The van der Waals surface area contributed by atoms with Crippen LogP contribution in [-0.2, 0) is 9.53 Å². The Balaban J connectivity index is 3.42. The lowest BCUT2D eigenvalue weighted by atomic mass is 10.1. The number of hydrogen-bond acceptors (Lipinski definition) is 2. The van der Waals surface area contributed by atoms with Crippen molar-refractivity contribution in [3.63, 3.8) is 0 Å². The third-order valence-corrected chi connectivity index (χ3v) is 2.23. The van der Waals surface area contributed by atoms with E-state index < -0.39 is 0 Å². The first kappa shape index (κ1) is 12.6. The van der Waals surface area contributed by atoms with Crippen molar-refractivity contribution < 1.29 is 9.53 Å². The van der Waals surface area contributed by atoms with Crippen molar-refractivity contribution in [2.24, 2.45) is 0 Å². The van der Waals surface area contributed by atoms with Crippen molar-refractivity contribution >= 4 is 5.78 Å². The number of carbonyl (C=O) groups is 1. The fourth-order valence-electron chi connectivity index (χ4n) is 1.42. The number of ketones is 1. The lowest BCUT2D eigenvalue weighted by Crippen LogP contribution is -2.14. The van der Waals surface area contributed by atoms with Crippen LogP contribution in [0.4, 0.5) is 0 Å². The molecular formula is C11H22O2. The number of rotatable bonds is 8. The summed E-state index contributed by atoms with van der Waals surface area (Å²) < 4.78 is 5.22. The van der Waals surface area contributed by atoms with Gasteiger partial charge in [-0.2, -0.15) is 0 Å². The minimum atomic E-state index is 0.148. The summed E-state index contributed by atoms with van der Waals surface area (Å²) in [6.07, 6.45) is 6.72. The van der Waals surface area contributed by atoms with Gasteiger partial charge in [0, 0.05) is 13.5 Å². The summed E-state index contributed by atoms with van der Waals surface area (Å²) in [5.74, 6) is 0.224. The quantitative estimate of drug-likeness (QED) is 0.545. The second-order valence-electron chi connectivity index (χ2n) is 3.61. The van der Waals surface area contributed by atoms with Gasteiger partial charge in [-0.05, 0) is 13.3 Å². The van der Waals surface area contributed by atoms with E-state index in [1.165, 1.54) is 25.7 Å². The van der Waals surface area contributed by atoms with E-state index in [1.54, 1.807) is 14.0 Å². The minimum absolute atomic E-state index is 0.148. The summed E-state index contributed by atoms with van der Waals surface area (Å²) in [7, 11) is 1.69. The van der Waals surface area contributed by atoms with Gasteiger partial charge in [0.15, 0.2) is 0 Å². The first-order chi connectivity index (χ1) is 6.20. The number of ether oxygens (including phenoxy) is 1. The van der Waals surface area contributed by atoms with E-state index in [4.69, 9.17) is 4.74 Å². The van der Waals surface area contributed by atoms with E-state index in [2.05, 4.69) is 6.92 Å². The molecule has 0 N–H and O–H groups in total. The van der Waals surface area contributed by atoms with Gasteiger partial charge in [0.25, 0.3) is 0 Å². The smallest absolute Gasteiger partial charge is 0.132 e. The van der Waals surface area contributed by atoms with Crippen LogP contribution < -0.4 is 0 Å². The summed E-state index contributed by atoms with van der Waals surface area (Å²) >= 11 is 0. The molecule has 0 aliphatic heterocycles. The third kappa shape index (κ3) is 7.97. The third-order valence-electron chi connectivity index (χ3n) is 2.23. The van der Waals surface area contributed by atoms with Crippen molar-refractivity contribution in [1.82, 2.24) is 0 Å². The maximum atomic E-state index is 10.8. The molecule has 0 aromatic rings. The molecule has 0 heterocycles. The molecule has 0 aromatic carbocycles. The molecule has 0 aliphatic carbocycles. The van der Waals surface area contributed by atoms with Crippen molar-refractivity contribution in [2.45, 2.75) is 58.5 Å². The maximum absolute atomic E-state index is 10.8. The van der Waals surface area contributed by atoms with Gasteiger partial charge in [0.1, 0.15) is 5.78 Å². The Hall–Kier alpha value is -0.370. The van der Waals surface area contributed by atoms with Gasteiger partial charge >= 0.3 is 0 Å². The normalized spacial score (nSPS) is 12.8.